The van der Waals surface area contributed by atoms with E-state index >= 15 is 0 Å². The molecule has 3 nitrogen and oxygen atoms in total. The van der Waals surface area contributed by atoms with Gasteiger partial charge < -0.3 is 12.3 Å². The van der Waals surface area contributed by atoms with Gasteiger partial charge in [0.2, 0.25) is 0 Å². The summed E-state index contributed by atoms with van der Waals surface area (Å²) in [6.45, 7) is 24.8. The van der Waals surface area contributed by atoms with E-state index in [0.29, 0.717) is 0 Å². The van der Waals surface area contributed by atoms with E-state index in [-0.39, 0.29) is 0 Å². The molecule has 0 fully saturated rings. The zero-order chi connectivity index (χ0) is 25.2. The normalized spacial score (nSPS) is 13.4. The molecule has 0 unspecified atom stereocenters. The smallest absolute Gasteiger partial charge is 0.413 e. The van der Waals surface area contributed by atoms with Crippen molar-refractivity contribution in [1.82, 2.24) is 0 Å². The predicted octanol–water partition coefficient (Wildman–Crippen LogP) is 8.54. The van der Waals surface area contributed by atoms with Gasteiger partial charge in [-0.25, -0.2) is 0 Å². The minimum atomic E-state index is -3.15. The fourth-order valence-corrected chi connectivity index (χ4v) is 25.0. The third kappa shape index (κ3) is 7.12. The summed E-state index contributed by atoms with van der Waals surface area (Å²) in [4.78, 5) is 0. The Labute approximate surface area is 210 Å². The summed E-state index contributed by atoms with van der Waals surface area (Å²) in [6.07, 6.45) is 1.91. The number of hydrogen-bond acceptors (Lipinski definition) is 3. The second-order valence-corrected chi connectivity index (χ2v) is 27.0. The van der Waals surface area contributed by atoms with Gasteiger partial charge in [-0.15, -0.1) is 0 Å². The van der Waals surface area contributed by atoms with Crippen molar-refractivity contribution in [2.45, 2.75) is 117 Å². The molecule has 0 aliphatic carbocycles. The molecule has 190 valence electrons. The van der Waals surface area contributed by atoms with Gasteiger partial charge in [-0.05, 0) is 60.0 Å². The van der Waals surface area contributed by atoms with E-state index in [1.54, 1.807) is 0 Å². The van der Waals surface area contributed by atoms with Crippen molar-refractivity contribution < 1.29 is 12.3 Å². The van der Waals surface area contributed by atoms with Crippen LogP contribution in [0.2, 0.25) is 54.4 Å². The van der Waals surface area contributed by atoms with E-state index in [1.165, 1.54) is 5.19 Å². The Hall–Kier alpha value is -0.292. The van der Waals surface area contributed by atoms with Gasteiger partial charge >= 0.3 is 8.80 Å². The lowest BCUT2D eigenvalue weighted by Crippen LogP contribution is -2.70. The summed E-state index contributed by atoms with van der Waals surface area (Å²) in [5.74, 6) is 0. The molecule has 1 aromatic carbocycles. The van der Waals surface area contributed by atoms with Crippen LogP contribution in [-0.2, 0) is 12.3 Å². The van der Waals surface area contributed by atoms with E-state index in [9.17, 15) is 0 Å². The fraction of sp³-hybridized carbons (Fsp3) is 0.692. The molecule has 0 saturated heterocycles. The third-order valence-corrected chi connectivity index (χ3v) is 29.4. The molecule has 0 aliphatic rings. The van der Waals surface area contributed by atoms with Crippen molar-refractivity contribution in [1.29, 1.82) is 0 Å². The van der Waals surface area contributed by atoms with Crippen LogP contribution in [0.25, 0.3) is 6.08 Å². The third-order valence-electron chi connectivity index (χ3n) is 8.35. The van der Waals surface area contributed by atoms with Gasteiger partial charge in [0.15, 0.2) is 25.0 Å². The molecule has 0 saturated carbocycles. The van der Waals surface area contributed by atoms with Crippen molar-refractivity contribution in [3.05, 3.63) is 36.4 Å². The van der Waals surface area contributed by atoms with Crippen molar-refractivity contribution >= 4 is 45.0 Å². The first-order valence-electron chi connectivity index (χ1n) is 13.5. The molecular weight excluding hydrogens is 473 g/mol. The Morgan fingerprint density at radius 2 is 0.818 bits per heavy atom. The van der Waals surface area contributed by atoms with Crippen LogP contribution in [0.3, 0.4) is 0 Å². The van der Waals surface area contributed by atoms with Crippen LogP contribution < -0.4 is 5.19 Å². The molecule has 0 N–H and O–H groups in total. The van der Waals surface area contributed by atoms with Crippen LogP contribution in [0.5, 0.6) is 0 Å². The topological polar surface area (TPSA) is 27.7 Å². The summed E-state index contributed by atoms with van der Waals surface area (Å²) in [6, 6.07) is 18.7. The van der Waals surface area contributed by atoms with Crippen LogP contribution in [0, 0.1) is 0 Å². The number of hydrogen-bond donors (Lipinski definition) is 0. The standard InChI is InChI=1S/C26H52O3Si4/c1-11-25-21-23-26(24-22-25)33(27-30(12-2,13-3)14-4,28-31(15-5,16-6)17-7)29-32(18-8,19-9)20-10/h11,21-24H,1,12-20H2,2-10H3. The summed E-state index contributed by atoms with van der Waals surface area (Å²) in [7, 11) is -9.14. The molecule has 0 aliphatic heterocycles. The Morgan fingerprint density at radius 1 is 0.545 bits per heavy atom. The largest absolute Gasteiger partial charge is 0.505 e. The van der Waals surface area contributed by atoms with Gasteiger partial charge in [0, 0.05) is 5.19 Å². The monoisotopic (exact) mass is 524 g/mol. The molecule has 33 heavy (non-hydrogen) atoms. The quantitative estimate of drug-likeness (QED) is 0.191. The van der Waals surface area contributed by atoms with Gasteiger partial charge in [-0.1, -0.05) is 99.2 Å². The van der Waals surface area contributed by atoms with E-state index < -0.39 is 33.8 Å². The second kappa shape index (κ2) is 13.7. The van der Waals surface area contributed by atoms with E-state index in [1.807, 2.05) is 6.08 Å². The summed E-state index contributed by atoms with van der Waals surface area (Å²) < 4.78 is 22.6. The molecule has 0 amide bonds. The highest BCUT2D eigenvalue weighted by Crippen LogP contribution is 2.36. The van der Waals surface area contributed by atoms with Gasteiger partial charge in [0.1, 0.15) is 0 Å². The lowest BCUT2D eigenvalue weighted by Gasteiger charge is -2.48. The lowest BCUT2D eigenvalue weighted by atomic mass is 10.2. The van der Waals surface area contributed by atoms with Crippen LogP contribution in [-0.4, -0.2) is 33.8 Å². The molecule has 7 heteroatoms. The van der Waals surface area contributed by atoms with Crippen LogP contribution in [0.1, 0.15) is 67.9 Å². The molecule has 0 aromatic heterocycles. The van der Waals surface area contributed by atoms with Crippen LogP contribution >= 0.6 is 0 Å². The lowest BCUT2D eigenvalue weighted by molar-refractivity contribution is 0.259. The predicted molar refractivity (Wildman–Crippen MR) is 157 cm³/mol. The zero-order valence-electron chi connectivity index (χ0n) is 23.2. The number of rotatable bonds is 17. The molecule has 0 spiro atoms. The Bertz CT molecular complexity index is 616. The maximum absolute atomic E-state index is 7.53. The van der Waals surface area contributed by atoms with Gasteiger partial charge in [-0.2, -0.15) is 0 Å². The average Bonchev–Trinajstić information content (AvgIpc) is 2.89. The van der Waals surface area contributed by atoms with Crippen molar-refractivity contribution in [2.75, 3.05) is 0 Å². The van der Waals surface area contributed by atoms with Crippen molar-refractivity contribution in [3.8, 4) is 0 Å². The summed E-state index contributed by atoms with van der Waals surface area (Å²) in [5.41, 5.74) is 1.13. The van der Waals surface area contributed by atoms with E-state index in [2.05, 4.69) is 93.2 Å². The van der Waals surface area contributed by atoms with E-state index in [0.717, 1.165) is 60.0 Å². The van der Waals surface area contributed by atoms with E-state index in [4.69, 9.17) is 12.3 Å². The molecule has 0 bridgehead atoms. The summed E-state index contributed by atoms with van der Waals surface area (Å²) in [5, 5.41) is 1.17. The van der Waals surface area contributed by atoms with Crippen LogP contribution in [0.4, 0.5) is 0 Å². The molecule has 0 atom stereocenters. The summed E-state index contributed by atoms with van der Waals surface area (Å²) >= 11 is 0. The minimum absolute atomic E-state index is 1.10. The molecule has 1 aromatic rings. The first-order chi connectivity index (χ1) is 15.7. The first-order valence-corrected chi connectivity index (χ1v) is 22.9. The van der Waals surface area contributed by atoms with Gasteiger partial charge in [0.05, 0.1) is 0 Å². The van der Waals surface area contributed by atoms with Gasteiger partial charge in [-0.3, -0.25) is 0 Å². The van der Waals surface area contributed by atoms with Crippen molar-refractivity contribution in [2.24, 2.45) is 0 Å². The second-order valence-electron chi connectivity index (χ2n) is 9.42. The average molecular weight is 525 g/mol. The first kappa shape index (κ1) is 30.7. The SMILES string of the molecule is C=Cc1ccc([Si](O[Si](CC)(CC)CC)(O[Si](CC)(CC)CC)O[Si](CC)(CC)CC)cc1. The zero-order valence-corrected chi connectivity index (χ0v) is 27.2. The minimum Gasteiger partial charge on any atom is -0.413 e. The Morgan fingerprint density at radius 3 is 1.03 bits per heavy atom. The maximum atomic E-state index is 7.53. The highest BCUT2D eigenvalue weighted by atomic mass is 28.5. The molecular formula is C26H52O3Si4. The number of benzene rings is 1. The Balaban J connectivity index is 3.92. The fourth-order valence-electron chi connectivity index (χ4n) is 4.82. The maximum Gasteiger partial charge on any atom is 0.505 e. The van der Waals surface area contributed by atoms with Crippen LogP contribution in [0.15, 0.2) is 30.8 Å². The van der Waals surface area contributed by atoms with Crippen molar-refractivity contribution in [3.63, 3.8) is 0 Å². The van der Waals surface area contributed by atoms with Gasteiger partial charge in [0.25, 0.3) is 0 Å². The molecule has 0 radical (unpaired) electrons. The Kier molecular flexibility index (Phi) is 12.8. The highest BCUT2D eigenvalue weighted by molar-refractivity contribution is 6.97. The molecule has 0 heterocycles. The highest BCUT2D eigenvalue weighted by Gasteiger charge is 2.56. The molecule has 1 rings (SSSR count).